The summed E-state index contributed by atoms with van der Waals surface area (Å²) in [7, 11) is 0. The summed E-state index contributed by atoms with van der Waals surface area (Å²) in [6.45, 7) is 15.7. The Kier molecular flexibility index (Phi) is 8.43. The highest BCUT2D eigenvalue weighted by molar-refractivity contribution is 5.78. The number of amides is 1. The number of hydrogen-bond acceptors (Lipinski definition) is 5. The first-order valence-electron chi connectivity index (χ1n) is 13.1. The van der Waals surface area contributed by atoms with Gasteiger partial charge in [0.1, 0.15) is 5.76 Å². The fourth-order valence-corrected chi connectivity index (χ4v) is 5.70. The largest absolute Gasteiger partial charge is 0.441 e. The predicted molar refractivity (Wildman–Crippen MR) is 136 cm³/mol. The van der Waals surface area contributed by atoms with E-state index in [0.29, 0.717) is 5.89 Å². The van der Waals surface area contributed by atoms with Crippen LogP contribution in [0.25, 0.3) is 11.5 Å². The van der Waals surface area contributed by atoms with Crippen molar-refractivity contribution in [2.75, 3.05) is 39.3 Å². The third kappa shape index (κ3) is 6.48. The van der Waals surface area contributed by atoms with Gasteiger partial charge in [0.25, 0.3) is 0 Å². The minimum Gasteiger partial charge on any atom is -0.441 e. The van der Waals surface area contributed by atoms with Gasteiger partial charge in [0.15, 0.2) is 0 Å². The maximum Gasteiger partial charge on any atom is 0.226 e. The van der Waals surface area contributed by atoms with Gasteiger partial charge in [-0.05, 0) is 82.6 Å². The minimum absolute atomic E-state index is 0.132. The zero-order chi connectivity index (χ0) is 24.1. The Morgan fingerprint density at radius 2 is 1.79 bits per heavy atom. The topological polar surface area (TPSA) is 61.6 Å². The third-order valence-electron chi connectivity index (χ3n) is 7.49. The van der Waals surface area contributed by atoms with E-state index in [9.17, 15) is 4.79 Å². The number of aryl methyl sites for hydroxylation is 2. The van der Waals surface area contributed by atoms with Crippen LogP contribution in [0.3, 0.4) is 0 Å². The van der Waals surface area contributed by atoms with Gasteiger partial charge in [-0.15, -0.1) is 0 Å². The Morgan fingerprint density at radius 3 is 2.50 bits per heavy atom. The molecule has 0 spiro atoms. The van der Waals surface area contributed by atoms with E-state index in [1.165, 1.54) is 25.1 Å². The van der Waals surface area contributed by atoms with Crippen molar-refractivity contribution >= 4 is 5.91 Å². The van der Waals surface area contributed by atoms with Gasteiger partial charge in [-0.25, -0.2) is 4.98 Å². The lowest BCUT2D eigenvalue weighted by atomic mass is 9.92. The molecule has 6 nitrogen and oxygen atoms in total. The predicted octanol–water partition coefficient (Wildman–Crippen LogP) is 4.65. The van der Waals surface area contributed by atoms with Gasteiger partial charge in [-0.2, -0.15) is 0 Å². The minimum atomic E-state index is 0.132. The van der Waals surface area contributed by atoms with E-state index in [-0.39, 0.29) is 11.8 Å². The highest BCUT2D eigenvalue weighted by Crippen LogP contribution is 2.26. The van der Waals surface area contributed by atoms with Crippen LogP contribution in [-0.2, 0) is 11.3 Å². The lowest BCUT2D eigenvalue weighted by Gasteiger charge is -2.35. The number of carbonyl (C=O) groups is 1. The molecule has 2 aliphatic heterocycles. The average Bonchev–Trinajstić information content (AvgIpc) is 3.16. The van der Waals surface area contributed by atoms with Crippen LogP contribution in [-0.4, -0.2) is 60.0 Å². The van der Waals surface area contributed by atoms with Crippen LogP contribution in [0.5, 0.6) is 0 Å². The van der Waals surface area contributed by atoms with Crippen molar-refractivity contribution in [1.29, 1.82) is 0 Å². The number of oxazole rings is 1. The average molecular weight is 467 g/mol. The Hall–Kier alpha value is -2.18. The van der Waals surface area contributed by atoms with E-state index in [1.807, 2.05) is 19.1 Å². The Balaban J connectivity index is 1.18. The molecule has 1 N–H and O–H groups in total. The summed E-state index contributed by atoms with van der Waals surface area (Å²) in [6, 6.07) is 8.19. The summed E-state index contributed by atoms with van der Waals surface area (Å²) in [6.07, 6.45) is 4.21. The summed E-state index contributed by atoms with van der Waals surface area (Å²) in [4.78, 5) is 22.5. The first-order valence-corrected chi connectivity index (χ1v) is 13.1. The van der Waals surface area contributed by atoms with Crippen LogP contribution < -0.4 is 5.32 Å². The number of benzene rings is 1. The molecule has 0 radical (unpaired) electrons. The number of likely N-dealkylation sites (tertiary alicyclic amines) is 2. The standard InChI is InChI=1S/C28H42N4O2/c1-20-16-21(2)18-32(17-20)13-7-12-29-27(33)24-10-14-31(15-11-24)19-26-23(4)34-28(30-26)25-9-6-5-8-22(25)3/h5-6,8-9,20-21,24H,7,10-19H2,1-4H3,(H,29,33)/t20-,21-/m0/s1. The molecule has 2 aliphatic rings. The Labute approximate surface area is 205 Å². The van der Waals surface area contributed by atoms with E-state index in [2.05, 4.69) is 48.0 Å². The van der Waals surface area contributed by atoms with Crippen LogP contribution in [0.1, 0.15) is 56.5 Å². The maximum atomic E-state index is 12.7. The molecule has 186 valence electrons. The van der Waals surface area contributed by atoms with E-state index < -0.39 is 0 Å². The quantitative estimate of drug-likeness (QED) is 0.574. The van der Waals surface area contributed by atoms with E-state index >= 15 is 0 Å². The van der Waals surface area contributed by atoms with Crippen LogP contribution in [0.15, 0.2) is 28.7 Å². The number of nitrogens with zero attached hydrogens (tertiary/aromatic N) is 3. The molecule has 0 unspecified atom stereocenters. The van der Waals surface area contributed by atoms with Gasteiger partial charge >= 0.3 is 0 Å². The van der Waals surface area contributed by atoms with E-state index in [1.54, 1.807) is 0 Å². The molecule has 0 saturated carbocycles. The SMILES string of the molecule is Cc1ccccc1-c1nc(CN2CCC(C(=O)NCCCN3C[C@@H](C)C[C@H](C)C3)CC2)c(C)o1. The highest BCUT2D eigenvalue weighted by Gasteiger charge is 2.26. The van der Waals surface area contributed by atoms with Gasteiger partial charge < -0.3 is 14.6 Å². The van der Waals surface area contributed by atoms with Gasteiger partial charge in [-0.1, -0.05) is 32.0 Å². The first-order chi connectivity index (χ1) is 16.4. The first kappa shape index (κ1) is 24.9. The number of aromatic nitrogens is 1. The fourth-order valence-electron chi connectivity index (χ4n) is 5.70. The highest BCUT2D eigenvalue weighted by atomic mass is 16.4. The fraction of sp³-hybridized carbons (Fsp3) is 0.643. The van der Waals surface area contributed by atoms with Gasteiger partial charge in [-0.3, -0.25) is 9.69 Å². The molecule has 3 heterocycles. The molecule has 2 aromatic rings. The van der Waals surface area contributed by atoms with E-state index in [4.69, 9.17) is 9.40 Å². The number of rotatable bonds is 8. The zero-order valence-corrected chi connectivity index (χ0v) is 21.5. The normalized spacial score (nSPS) is 22.7. The molecule has 1 amide bonds. The van der Waals surface area contributed by atoms with E-state index in [0.717, 1.165) is 80.8 Å². The number of piperidine rings is 2. The lowest BCUT2D eigenvalue weighted by Crippen LogP contribution is -2.42. The molecular formula is C28H42N4O2. The second-order valence-corrected chi connectivity index (χ2v) is 10.7. The van der Waals surface area contributed by atoms with Crippen LogP contribution in [0.2, 0.25) is 0 Å². The second kappa shape index (κ2) is 11.5. The second-order valence-electron chi connectivity index (χ2n) is 10.7. The van der Waals surface area contributed by atoms with Gasteiger partial charge in [0.2, 0.25) is 11.8 Å². The molecule has 2 fully saturated rings. The maximum absolute atomic E-state index is 12.7. The van der Waals surface area contributed by atoms with Crippen LogP contribution in [0, 0.1) is 31.6 Å². The van der Waals surface area contributed by atoms with Gasteiger partial charge in [0.05, 0.1) is 5.69 Å². The molecule has 0 bridgehead atoms. The molecule has 4 rings (SSSR count). The molecule has 1 aromatic carbocycles. The summed E-state index contributed by atoms with van der Waals surface area (Å²) < 4.78 is 5.99. The molecule has 1 aromatic heterocycles. The summed E-state index contributed by atoms with van der Waals surface area (Å²) >= 11 is 0. The third-order valence-corrected chi connectivity index (χ3v) is 7.49. The van der Waals surface area contributed by atoms with Crippen molar-refractivity contribution in [2.45, 2.75) is 59.9 Å². The van der Waals surface area contributed by atoms with Crippen molar-refractivity contribution in [3.8, 4) is 11.5 Å². The summed E-state index contributed by atoms with van der Waals surface area (Å²) in [5, 5.41) is 3.20. The zero-order valence-electron chi connectivity index (χ0n) is 21.5. The van der Waals surface area contributed by atoms with Crippen molar-refractivity contribution < 1.29 is 9.21 Å². The molecule has 6 heteroatoms. The molecule has 2 saturated heterocycles. The number of nitrogens with one attached hydrogen (secondary N) is 1. The van der Waals surface area contributed by atoms with Crippen LogP contribution in [0.4, 0.5) is 0 Å². The molecule has 2 atom stereocenters. The Bertz CT molecular complexity index is 938. The Morgan fingerprint density at radius 1 is 1.09 bits per heavy atom. The van der Waals surface area contributed by atoms with Crippen molar-refractivity contribution in [2.24, 2.45) is 17.8 Å². The van der Waals surface area contributed by atoms with Crippen LogP contribution >= 0.6 is 0 Å². The summed E-state index contributed by atoms with van der Waals surface area (Å²) in [5.41, 5.74) is 3.22. The summed E-state index contributed by atoms with van der Waals surface area (Å²) in [5.74, 6) is 3.54. The van der Waals surface area contributed by atoms with Crippen molar-refractivity contribution in [3.05, 3.63) is 41.3 Å². The molecule has 0 aliphatic carbocycles. The lowest BCUT2D eigenvalue weighted by molar-refractivity contribution is -0.126. The van der Waals surface area contributed by atoms with Crippen molar-refractivity contribution in [1.82, 2.24) is 20.1 Å². The monoisotopic (exact) mass is 466 g/mol. The molecule has 34 heavy (non-hydrogen) atoms. The van der Waals surface area contributed by atoms with Gasteiger partial charge in [0, 0.05) is 37.7 Å². The smallest absolute Gasteiger partial charge is 0.226 e. The van der Waals surface area contributed by atoms with Crippen molar-refractivity contribution in [3.63, 3.8) is 0 Å². The number of carbonyl (C=O) groups excluding carboxylic acids is 1. The molecular weight excluding hydrogens is 424 g/mol. The number of hydrogen-bond donors (Lipinski definition) is 1.